The van der Waals surface area contributed by atoms with E-state index in [0.717, 1.165) is 22.6 Å². The van der Waals surface area contributed by atoms with Gasteiger partial charge in [-0.2, -0.15) is 0 Å². The second-order valence-electron chi connectivity index (χ2n) is 5.58. The summed E-state index contributed by atoms with van der Waals surface area (Å²) in [5.41, 5.74) is 2.53. The van der Waals surface area contributed by atoms with Crippen LogP contribution in [0.3, 0.4) is 0 Å². The molecule has 2 aromatic carbocycles. The van der Waals surface area contributed by atoms with E-state index in [4.69, 9.17) is 25.3 Å². The third-order valence-electron chi connectivity index (χ3n) is 3.78. The third-order valence-corrected chi connectivity index (χ3v) is 4.87. The zero-order valence-electron chi connectivity index (χ0n) is 14.3. The summed E-state index contributed by atoms with van der Waals surface area (Å²) in [6.45, 7) is 0. The van der Waals surface area contributed by atoms with E-state index in [0.29, 0.717) is 27.6 Å². The lowest BCUT2D eigenvalue weighted by molar-refractivity contribution is 0.396. The number of thioether (sulfide) groups is 1. The van der Waals surface area contributed by atoms with Crippen molar-refractivity contribution in [3.05, 3.63) is 65.4 Å². The highest BCUT2D eigenvalue weighted by Gasteiger charge is 2.12. The first kappa shape index (κ1) is 17.6. The number of aromatic nitrogens is 3. The average Bonchev–Trinajstić information content (AvgIpc) is 3.37. The lowest BCUT2D eigenvalue weighted by Gasteiger charge is -1.99. The molecule has 136 valence electrons. The summed E-state index contributed by atoms with van der Waals surface area (Å²) in [5, 5.41) is 13.4. The van der Waals surface area contributed by atoms with Gasteiger partial charge in [-0.25, -0.2) is 0 Å². The van der Waals surface area contributed by atoms with Crippen molar-refractivity contribution >= 4 is 23.4 Å². The van der Waals surface area contributed by atoms with Gasteiger partial charge in [-0.3, -0.25) is 0 Å². The van der Waals surface area contributed by atoms with Crippen molar-refractivity contribution in [2.75, 3.05) is 7.11 Å². The van der Waals surface area contributed by atoms with Gasteiger partial charge in [-0.1, -0.05) is 40.7 Å². The summed E-state index contributed by atoms with van der Waals surface area (Å²) in [6.07, 6.45) is 0. The molecule has 0 radical (unpaired) electrons. The van der Waals surface area contributed by atoms with Gasteiger partial charge in [-0.05, 0) is 36.4 Å². The summed E-state index contributed by atoms with van der Waals surface area (Å²) < 4.78 is 16.2. The number of benzene rings is 2. The number of halogens is 1. The van der Waals surface area contributed by atoms with E-state index < -0.39 is 0 Å². The van der Waals surface area contributed by atoms with Gasteiger partial charge >= 0.3 is 0 Å². The van der Waals surface area contributed by atoms with E-state index in [1.54, 1.807) is 7.11 Å². The van der Waals surface area contributed by atoms with E-state index in [2.05, 4.69) is 15.4 Å². The second-order valence-corrected chi connectivity index (χ2v) is 6.94. The van der Waals surface area contributed by atoms with Crippen molar-refractivity contribution in [1.82, 2.24) is 15.4 Å². The fourth-order valence-corrected chi connectivity index (χ4v) is 3.15. The summed E-state index contributed by atoms with van der Waals surface area (Å²) in [7, 11) is 1.62. The van der Waals surface area contributed by atoms with Crippen molar-refractivity contribution in [2.45, 2.75) is 11.0 Å². The lowest BCUT2D eigenvalue weighted by atomic mass is 10.1. The Labute approximate surface area is 164 Å². The van der Waals surface area contributed by atoms with E-state index in [1.165, 1.54) is 11.8 Å². The molecule has 4 aromatic rings. The maximum atomic E-state index is 5.91. The van der Waals surface area contributed by atoms with Gasteiger partial charge in [0.15, 0.2) is 0 Å². The van der Waals surface area contributed by atoms with Crippen LogP contribution in [0.4, 0.5) is 0 Å². The zero-order chi connectivity index (χ0) is 18.6. The van der Waals surface area contributed by atoms with Crippen LogP contribution in [0.15, 0.2) is 68.8 Å². The van der Waals surface area contributed by atoms with Crippen LogP contribution in [0.25, 0.3) is 22.7 Å². The molecule has 0 unspecified atom stereocenters. The molecule has 0 saturated carbocycles. The molecule has 0 fully saturated rings. The van der Waals surface area contributed by atoms with Gasteiger partial charge in [0.25, 0.3) is 5.22 Å². The van der Waals surface area contributed by atoms with Crippen LogP contribution < -0.4 is 4.74 Å². The van der Waals surface area contributed by atoms with E-state index in [9.17, 15) is 0 Å². The first-order valence-corrected chi connectivity index (χ1v) is 9.40. The first-order valence-electron chi connectivity index (χ1n) is 8.03. The number of nitrogens with zero attached hydrogens (tertiary/aromatic N) is 3. The zero-order valence-corrected chi connectivity index (χ0v) is 15.8. The number of hydrogen-bond donors (Lipinski definition) is 0. The Kier molecular flexibility index (Phi) is 5.13. The quantitative estimate of drug-likeness (QED) is 0.405. The average molecular weight is 400 g/mol. The number of rotatable bonds is 6. The van der Waals surface area contributed by atoms with Gasteiger partial charge < -0.3 is 13.7 Å². The Morgan fingerprint density at radius 2 is 1.74 bits per heavy atom. The monoisotopic (exact) mass is 399 g/mol. The molecule has 27 heavy (non-hydrogen) atoms. The molecule has 8 heteroatoms. The van der Waals surface area contributed by atoms with Crippen LogP contribution in [0.2, 0.25) is 5.02 Å². The van der Waals surface area contributed by atoms with Crippen LogP contribution in [-0.2, 0) is 5.75 Å². The topological polar surface area (TPSA) is 74.2 Å². The lowest BCUT2D eigenvalue weighted by Crippen LogP contribution is -1.82. The molecule has 0 aliphatic carbocycles. The summed E-state index contributed by atoms with van der Waals surface area (Å²) >= 11 is 7.29. The maximum absolute atomic E-state index is 5.91. The molecule has 2 aromatic heterocycles. The Morgan fingerprint density at radius 1 is 1.00 bits per heavy atom. The summed E-state index contributed by atoms with van der Waals surface area (Å²) in [6, 6.07) is 16.8. The van der Waals surface area contributed by atoms with Crippen molar-refractivity contribution in [2.24, 2.45) is 0 Å². The molecule has 0 amide bonds. The van der Waals surface area contributed by atoms with Gasteiger partial charge in [0, 0.05) is 22.2 Å². The minimum atomic E-state index is 0.458. The van der Waals surface area contributed by atoms with Crippen molar-refractivity contribution < 1.29 is 13.7 Å². The van der Waals surface area contributed by atoms with Crippen LogP contribution >= 0.6 is 23.4 Å². The fraction of sp³-hybridized carbons (Fsp3) is 0.105. The molecule has 0 bridgehead atoms. The SMILES string of the molecule is COc1ccc(-c2nnc(SCc3cc(-c4ccc(Cl)cc4)no3)o2)cc1. The Hall–Kier alpha value is -2.77. The van der Waals surface area contributed by atoms with Crippen LogP contribution in [0.1, 0.15) is 5.76 Å². The first-order chi connectivity index (χ1) is 13.2. The van der Waals surface area contributed by atoms with Crippen molar-refractivity contribution in [1.29, 1.82) is 0 Å². The molecule has 0 aliphatic rings. The largest absolute Gasteiger partial charge is 0.497 e. The predicted octanol–water partition coefficient (Wildman–Crippen LogP) is 5.35. The van der Waals surface area contributed by atoms with Crippen molar-refractivity contribution in [3.8, 4) is 28.5 Å². The Balaban J connectivity index is 1.40. The van der Waals surface area contributed by atoms with Gasteiger partial charge in [0.2, 0.25) is 5.89 Å². The van der Waals surface area contributed by atoms with Gasteiger partial charge in [0.1, 0.15) is 17.2 Å². The summed E-state index contributed by atoms with van der Waals surface area (Å²) in [5.74, 6) is 2.48. The molecule has 2 heterocycles. The van der Waals surface area contributed by atoms with E-state index >= 15 is 0 Å². The smallest absolute Gasteiger partial charge is 0.277 e. The van der Waals surface area contributed by atoms with Crippen LogP contribution in [0.5, 0.6) is 5.75 Å². The van der Waals surface area contributed by atoms with Crippen LogP contribution in [-0.4, -0.2) is 22.5 Å². The molecule has 4 rings (SSSR count). The molecule has 0 aliphatic heterocycles. The van der Waals surface area contributed by atoms with E-state index in [1.807, 2.05) is 54.6 Å². The minimum Gasteiger partial charge on any atom is -0.497 e. The van der Waals surface area contributed by atoms with Gasteiger partial charge in [-0.15, -0.1) is 10.2 Å². The maximum Gasteiger partial charge on any atom is 0.277 e. The van der Waals surface area contributed by atoms with Crippen molar-refractivity contribution in [3.63, 3.8) is 0 Å². The number of methoxy groups -OCH3 is 1. The Bertz CT molecular complexity index is 1030. The molecular weight excluding hydrogens is 386 g/mol. The molecule has 0 saturated heterocycles. The highest BCUT2D eigenvalue weighted by molar-refractivity contribution is 7.98. The highest BCUT2D eigenvalue weighted by Crippen LogP contribution is 2.28. The normalized spacial score (nSPS) is 10.9. The summed E-state index contributed by atoms with van der Waals surface area (Å²) in [4.78, 5) is 0. The van der Waals surface area contributed by atoms with Crippen LogP contribution in [0, 0.1) is 0 Å². The molecule has 6 nitrogen and oxygen atoms in total. The fourth-order valence-electron chi connectivity index (χ4n) is 2.39. The molecule has 0 atom stereocenters. The standard InChI is InChI=1S/C19H14ClN3O3S/c1-24-15-8-4-13(5-9-15)18-21-22-19(25-18)27-11-16-10-17(23-26-16)12-2-6-14(20)7-3-12/h2-10H,11H2,1H3. The number of ether oxygens (including phenoxy) is 1. The second kappa shape index (κ2) is 7.85. The Morgan fingerprint density at radius 3 is 2.48 bits per heavy atom. The third kappa shape index (κ3) is 4.15. The predicted molar refractivity (Wildman–Crippen MR) is 103 cm³/mol. The van der Waals surface area contributed by atoms with E-state index in [-0.39, 0.29) is 0 Å². The molecular formula is C19H14ClN3O3S. The van der Waals surface area contributed by atoms with Gasteiger partial charge in [0.05, 0.1) is 12.9 Å². The molecule has 0 N–H and O–H groups in total. The molecule has 0 spiro atoms. The minimum absolute atomic E-state index is 0.458. The highest BCUT2D eigenvalue weighted by atomic mass is 35.5. The number of hydrogen-bond acceptors (Lipinski definition) is 7.